The summed E-state index contributed by atoms with van der Waals surface area (Å²) in [6.45, 7) is 0. The van der Waals surface area contributed by atoms with Crippen LogP contribution >= 0.6 is 0 Å². The van der Waals surface area contributed by atoms with Crippen LogP contribution in [0.4, 0.5) is 5.69 Å². The van der Waals surface area contributed by atoms with E-state index in [2.05, 4.69) is 0 Å². The highest BCUT2D eigenvalue weighted by atomic mass is 16.6. The normalized spacial score (nSPS) is 11.0. The number of carbonyl (C=O) groups is 1. The number of carboxylic acids is 1. The van der Waals surface area contributed by atoms with Crippen LogP contribution in [0, 0.1) is 10.1 Å². The molecule has 8 heteroatoms. The molecule has 130 valence electrons. The summed E-state index contributed by atoms with van der Waals surface area (Å²) in [4.78, 5) is 22.3. The molecule has 0 bridgehead atoms. The summed E-state index contributed by atoms with van der Waals surface area (Å²) in [6.07, 6.45) is 1.15. The van der Waals surface area contributed by atoms with E-state index in [0.29, 0.717) is 0 Å². The molecule has 2 aromatic rings. The predicted molar refractivity (Wildman–Crippen MR) is 89.8 cm³/mol. The molecule has 8 nitrogen and oxygen atoms in total. The van der Waals surface area contributed by atoms with Crippen molar-refractivity contribution < 1.29 is 29.4 Å². The Labute approximate surface area is 142 Å². The molecule has 0 aliphatic carbocycles. The Kier molecular flexibility index (Phi) is 5.23. The lowest BCUT2D eigenvalue weighted by Gasteiger charge is -2.10. The minimum Gasteiger partial charge on any atom is -0.508 e. The van der Waals surface area contributed by atoms with Crippen molar-refractivity contribution in [3.05, 3.63) is 57.6 Å². The van der Waals surface area contributed by atoms with E-state index < -0.39 is 10.9 Å². The van der Waals surface area contributed by atoms with Gasteiger partial charge >= 0.3 is 5.97 Å². The second-order valence-electron chi connectivity index (χ2n) is 4.94. The van der Waals surface area contributed by atoms with Crippen molar-refractivity contribution in [2.45, 2.75) is 0 Å². The first-order valence-electron chi connectivity index (χ1n) is 7.02. The van der Waals surface area contributed by atoms with E-state index in [9.17, 15) is 25.1 Å². The van der Waals surface area contributed by atoms with Crippen molar-refractivity contribution >= 4 is 23.3 Å². The van der Waals surface area contributed by atoms with Gasteiger partial charge in [-0.1, -0.05) is 12.1 Å². The molecule has 0 spiro atoms. The molecule has 0 saturated heterocycles. The van der Waals surface area contributed by atoms with Gasteiger partial charge in [0.05, 0.1) is 36.3 Å². The number of phenolic OH excluding ortho intramolecular Hbond substituents is 1. The Balaban J connectivity index is 2.70. The van der Waals surface area contributed by atoms with Gasteiger partial charge in [-0.2, -0.15) is 0 Å². The number of nitro benzene ring substituents is 1. The maximum Gasteiger partial charge on any atom is 0.336 e. The molecular formula is C17H15NO7. The molecule has 0 amide bonds. The third-order valence-electron chi connectivity index (χ3n) is 3.42. The number of nitrogens with zero attached hydrogens (tertiary/aromatic N) is 1. The summed E-state index contributed by atoms with van der Waals surface area (Å²) in [7, 11) is 2.71. The molecule has 0 aromatic heterocycles. The highest BCUT2D eigenvalue weighted by Gasteiger charge is 2.20. The summed E-state index contributed by atoms with van der Waals surface area (Å²) < 4.78 is 10.1. The molecule has 0 radical (unpaired) electrons. The molecule has 0 heterocycles. The SMILES string of the molecule is COc1cc(/C=C(\C(=O)O)c2cccc(O)c2)c([N+](=O)[O-])cc1OC. The predicted octanol–water partition coefficient (Wildman–Crippen LogP) is 2.94. The molecule has 2 rings (SSSR count). The summed E-state index contributed by atoms with van der Waals surface area (Å²) >= 11 is 0. The average Bonchev–Trinajstić information content (AvgIpc) is 2.58. The fraction of sp³-hybridized carbons (Fsp3) is 0.118. The van der Waals surface area contributed by atoms with Gasteiger partial charge in [0.2, 0.25) is 0 Å². The fourth-order valence-electron chi connectivity index (χ4n) is 2.26. The number of aliphatic carboxylic acids is 1. The van der Waals surface area contributed by atoms with Crippen molar-refractivity contribution in [3.63, 3.8) is 0 Å². The molecule has 0 unspecified atom stereocenters. The standard InChI is InChI=1S/C17H15NO7/c1-24-15-8-11(14(18(22)23)9-16(15)25-2)7-13(17(20)21)10-4-3-5-12(19)6-10/h3-9,19H,1-2H3,(H,20,21)/b13-7-. The number of rotatable bonds is 6. The van der Waals surface area contributed by atoms with Gasteiger partial charge in [0, 0.05) is 0 Å². The number of methoxy groups -OCH3 is 2. The lowest BCUT2D eigenvalue weighted by molar-refractivity contribution is -0.385. The van der Waals surface area contributed by atoms with Crippen LogP contribution in [0.25, 0.3) is 11.6 Å². The molecule has 0 atom stereocenters. The van der Waals surface area contributed by atoms with E-state index in [0.717, 1.165) is 12.1 Å². The molecule has 25 heavy (non-hydrogen) atoms. The third kappa shape index (κ3) is 3.86. The molecular weight excluding hydrogens is 330 g/mol. The summed E-state index contributed by atoms with van der Waals surface area (Å²) in [5.41, 5.74) is -0.317. The fourth-order valence-corrected chi connectivity index (χ4v) is 2.26. The first kappa shape index (κ1) is 17.8. The zero-order chi connectivity index (χ0) is 18.6. The Morgan fingerprint density at radius 2 is 1.80 bits per heavy atom. The maximum absolute atomic E-state index is 11.6. The van der Waals surface area contributed by atoms with E-state index >= 15 is 0 Å². The molecule has 2 aromatic carbocycles. The Hall–Kier alpha value is -3.55. The van der Waals surface area contributed by atoms with Crippen molar-refractivity contribution in [3.8, 4) is 17.2 Å². The largest absolute Gasteiger partial charge is 0.508 e. The van der Waals surface area contributed by atoms with E-state index in [-0.39, 0.29) is 39.6 Å². The van der Waals surface area contributed by atoms with Crippen molar-refractivity contribution in [1.29, 1.82) is 0 Å². The molecule has 0 saturated carbocycles. The summed E-state index contributed by atoms with van der Waals surface area (Å²) in [5, 5.41) is 30.3. The topological polar surface area (TPSA) is 119 Å². The van der Waals surface area contributed by atoms with E-state index in [1.807, 2.05) is 0 Å². The van der Waals surface area contributed by atoms with Gasteiger partial charge in [-0.25, -0.2) is 4.79 Å². The smallest absolute Gasteiger partial charge is 0.336 e. The van der Waals surface area contributed by atoms with Crippen LogP contribution in [-0.4, -0.2) is 35.3 Å². The van der Waals surface area contributed by atoms with E-state index in [1.54, 1.807) is 0 Å². The molecule has 0 fully saturated rings. The monoisotopic (exact) mass is 345 g/mol. The minimum atomic E-state index is -1.30. The van der Waals surface area contributed by atoms with E-state index in [1.165, 1.54) is 44.6 Å². The zero-order valence-corrected chi connectivity index (χ0v) is 13.4. The Morgan fingerprint density at radius 3 is 2.32 bits per heavy atom. The average molecular weight is 345 g/mol. The van der Waals surface area contributed by atoms with Gasteiger partial charge < -0.3 is 19.7 Å². The van der Waals surface area contributed by atoms with Crippen LogP contribution in [0.2, 0.25) is 0 Å². The number of ether oxygens (including phenoxy) is 2. The number of hydrogen-bond acceptors (Lipinski definition) is 6. The second-order valence-corrected chi connectivity index (χ2v) is 4.94. The number of benzene rings is 2. The number of nitro groups is 1. The number of carboxylic acid groups (broad SMARTS) is 1. The van der Waals surface area contributed by atoms with Gasteiger partial charge in [0.25, 0.3) is 5.69 Å². The van der Waals surface area contributed by atoms with Gasteiger partial charge in [-0.15, -0.1) is 0 Å². The highest BCUT2D eigenvalue weighted by Crippen LogP contribution is 2.36. The van der Waals surface area contributed by atoms with E-state index in [4.69, 9.17) is 9.47 Å². The van der Waals surface area contributed by atoms with Gasteiger partial charge in [-0.05, 0) is 29.8 Å². The first-order chi connectivity index (χ1) is 11.9. The Bertz CT molecular complexity index is 858. The van der Waals surface area contributed by atoms with Gasteiger partial charge in [0.15, 0.2) is 11.5 Å². The highest BCUT2D eigenvalue weighted by molar-refractivity contribution is 6.21. The lowest BCUT2D eigenvalue weighted by atomic mass is 10.0. The number of phenols is 1. The zero-order valence-electron chi connectivity index (χ0n) is 13.4. The molecule has 0 aliphatic rings. The third-order valence-corrected chi connectivity index (χ3v) is 3.42. The van der Waals surface area contributed by atoms with Crippen LogP contribution in [0.3, 0.4) is 0 Å². The quantitative estimate of drug-likeness (QED) is 0.357. The maximum atomic E-state index is 11.6. The van der Waals surface area contributed by atoms with Crippen molar-refractivity contribution in [1.82, 2.24) is 0 Å². The van der Waals surface area contributed by atoms with Crippen LogP contribution < -0.4 is 9.47 Å². The lowest BCUT2D eigenvalue weighted by Crippen LogP contribution is -2.01. The molecule has 2 N–H and O–H groups in total. The first-order valence-corrected chi connectivity index (χ1v) is 7.02. The van der Waals surface area contributed by atoms with Crippen LogP contribution in [-0.2, 0) is 4.79 Å². The number of aromatic hydroxyl groups is 1. The summed E-state index contributed by atoms with van der Waals surface area (Å²) in [5.74, 6) is -1.04. The number of hydrogen-bond donors (Lipinski definition) is 2. The van der Waals surface area contributed by atoms with Gasteiger partial charge in [0.1, 0.15) is 5.75 Å². The minimum absolute atomic E-state index is 0.0309. The van der Waals surface area contributed by atoms with Crippen LogP contribution in [0.5, 0.6) is 17.2 Å². The van der Waals surface area contributed by atoms with Crippen LogP contribution in [0.1, 0.15) is 11.1 Å². The Morgan fingerprint density at radius 1 is 1.16 bits per heavy atom. The van der Waals surface area contributed by atoms with Gasteiger partial charge in [-0.3, -0.25) is 10.1 Å². The second kappa shape index (κ2) is 7.35. The molecule has 0 aliphatic heterocycles. The van der Waals surface area contributed by atoms with Crippen molar-refractivity contribution in [2.24, 2.45) is 0 Å². The van der Waals surface area contributed by atoms with Crippen molar-refractivity contribution in [2.75, 3.05) is 14.2 Å². The van der Waals surface area contributed by atoms with Crippen LogP contribution in [0.15, 0.2) is 36.4 Å². The summed E-state index contributed by atoms with van der Waals surface area (Å²) in [6, 6.07) is 8.08.